The van der Waals surface area contributed by atoms with Crippen molar-refractivity contribution in [2.24, 2.45) is 0 Å². The molecule has 1 heterocycles. The number of benzene rings is 5. The lowest BCUT2D eigenvalue weighted by atomic mass is 9.77. The second kappa shape index (κ2) is 11.5. The summed E-state index contributed by atoms with van der Waals surface area (Å²) in [6.07, 6.45) is 1.57. The molecule has 0 unspecified atom stereocenters. The summed E-state index contributed by atoms with van der Waals surface area (Å²) in [6.45, 7) is 4.98. The SMILES string of the molecule is CC(C)(Cc1ccccc1Cc1ccc2c(c1)COB(c1ccccc1)O2)[Si](O)(c1ccccc1)c1ccccc1. The molecule has 6 rings (SSSR count). The highest BCUT2D eigenvalue weighted by molar-refractivity contribution is 6.98. The Morgan fingerprint density at radius 3 is 1.90 bits per heavy atom. The molecule has 41 heavy (non-hydrogen) atoms. The van der Waals surface area contributed by atoms with Crippen molar-refractivity contribution in [2.75, 3.05) is 0 Å². The Morgan fingerprint density at radius 2 is 1.27 bits per heavy atom. The van der Waals surface area contributed by atoms with E-state index >= 15 is 0 Å². The molecule has 0 amide bonds. The van der Waals surface area contributed by atoms with Crippen molar-refractivity contribution in [1.29, 1.82) is 0 Å². The fraction of sp³-hybridized carbons (Fsp3) is 0.167. The highest BCUT2D eigenvalue weighted by atomic mass is 28.4. The van der Waals surface area contributed by atoms with E-state index in [1.54, 1.807) is 0 Å². The first-order valence-electron chi connectivity index (χ1n) is 14.3. The average Bonchev–Trinajstić information content (AvgIpc) is 3.02. The predicted molar refractivity (Wildman–Crippen MR) is 171 cm³/mol. The van der Waals surface area contributed by atoms with Crippen LogP contribution in [0.1, 0.15) is 36.1 Å². The van der Waals surface area contributed by atoms with Gasteiger partial charge < -0.3 is 14.1 Å². The summed E-state index contributed by atoms with van der Waals surface area (Å²) in [5.74, 6) is 0.880. The Morgan fingerprint density at radius 1 is 0.707 bits per heavy atom. The second-order valence-corrected chi connectivity index (χ2v) is 15.5. The molecule has 3 nitrogen and oxygen atoms in total. The third-order valence-corrected chi connectivity index (χ3v) is 12.8. The molecule has 0 atom stereocenters. The van der Waals surface area contributed by atoms with Crippen molar-refractivity contribution in [3.63, 3.8) is 0 Å². The van der Waals surface area contributed by atoms with Crippen molar-refractivity contribution in [2.45, 2.75) is 38.3 Å². The topological polar surface area (TPSA) is 38.7 Å². The van der Waals surface area contributed by atoms with Crippen LogP contribution in [-0.2, 0) is 24.1 Å². The Labute approximate surface area is 244 Å². The maximum absolute atomic E-state index is 12.7. The minimum Gasteiger partial charge on any atom is -0.532 e. The monoisotopic (exact) mass is 554 g/mol. The zero-order valence-corrected chi connectivity index (χ0v) is 24.7. The zero-order valence-electron chi connectivity index (χ0n) is 23.7. The van der Waals surface area contributed by atoms with E-state index < -0.39 is 8.32 Å². The standard InChI is InChI=1S/C36H35BO3Si/c1-36(2,41(38,33-18-8-4-9-19-33)34-20-10-5-11-21-34)26-30-15-13-12-14-29(30)24-28-22-23-35-31(25-28)27-39-37(40-35)32-16-6-3-7-17-32/h3-23,25,38H,24,26-27H2,1-2H3. The molecule has 0 fully saturated rings. The smallest absolute Gasteiger partial charge is 0.532 e. The van der Waals surface area contributed by atoms with E-state index in [9.17, 15) is 4.80 Å². The van der Waals surface area contributed by atoms with Gasteiger partial charge in [-0.1, -0.05) is 135 Å². The van der Waals surface area contributed by atoms with Crippen LogP contribution in [0.3, 0.4) is 0 Å². The Hall–Kier alpha value is -3.90. The Bertz CT molecular complexity index is 1570. The molecule has 1 aliphatic rings. The van der Waals surface area contributed by atoms with Gasteiger partial charge in [0.15, 0.2) is 0 Å². The zero-order chi connectivity index (χ0) is 28.3. The number of fused-ring (bicyclic) bond motifs is 1. The van der Waals surface area contributed by atoms with Crippen LogP contribution in [0.15, 0.2) is 133 Å². The largest absolute Gasteiger partial charge is 0.563 e. The summed E-state index contributed by atoms with van der Waals surface area (Å²) in [5, 5.41) is 1.71. The number of rotatable bonds is 8. The van der Waals surface area contributed by atoms with Gasteiger partial charge in [0.25, 0.3) is 8.32 Å². The van der Waals surface area contributed by atoms with Crippen molar-refractivity contribution in [3.8, 4) is 5.75 Å². The van der Waals surface area contributed by atoms with Gasteiger partial charge in [-0.05, 0) is 62.5 Å². The molecule has 0 aliphatic carbocycles. The van der Waals surface area contributed by atoms with Gasteiger partial charge in [0.1, 0.15) is 5.75 Å². The number of hydrogen-bond acceptors (Lipinski definition) is 3. The quantitative estimate of drug-likeness (QED) is 0.252. The average molecular weight is 555 g/mol. The molecule has 1 N–H and O–H groups in total. The fourth-order valence-corrected chi connectivity index (χ4v) is 9.79. The molecule has 1 aliphatic heterocycles. The van der Waals surface area contributed by atoms with Crippen LogP contribution in [0, 0.1) is 0 Å². The molecule has 5 aromatic rings. The van der Waals surface area contributed by atoms with Gasteiger partial charge in [0.2, 0.25) is 0 Å². The summed E-state index contributed by atoms with van der Waals surface area (Å²) < 4.78 is 12.3. The highest BCUT2D eigenvalue weighted by Gasteiger charge is 2.50. The van der Waals surface area contributed by atoms with Gasteiger partial charge in [0, 0.05) is 5.56 Å². The summed E-state index contributed by atoms with van der Waals surface area (Å²) in [6, 6.07) is 45.7. The molecule has 0 saturated carbocycles. The van der Waals surface area contributed by atoms with Crippen molar-refractivity contribution >= 4 is 31.3 Å². The van der Waals surface area contributed by atoms with Gasteiger partial charge in [-0.25, -0.2) is 0 Å². The van der Waals surface area contributed by atoms with E-state index in [1.165, 1.54) is 16.7 Å². The van der Waals surface area contributed by atoms with Crippen LogP contribution in [-0.4, -0.2) is 20.2 Å². The lowest BCUT2D eigenvalue weighted by Gasteiger charge is -2.41. The molecular weight excluding hydrogens is 519 g/mol. The minimum absolute atomic E-state index is 0.365. The van der Waals surface area contributed by atoms with Gasteiger partial charge in [-0.2, -0.15) is 0 Å². The lowest BCUT2D eigenvalue weighted by Crippen LogP contribution is -2.65. The number of hydrogen-bond donors (Lipinski definition) is 1. The molecule has 0 radical (unpaired) electrons. The lowest BCUT2D eigenvalue weighted by molar-refractivity contribution is 0.238. The third-order valence-electron chi connectivity index (χ3n) is 8.33. The van der Waals surface area contributed by atoms with Crippen LogP contribution in [0.2, 0.25) is 5.04 Å². The van der Waals surface area contributed by atoms with Crippen LogP contribution in [0.4, 0.5) is 0 Å². The molecule has 0 spiro atoms. The molecule has 0 aromatic heterocycles. The fourth-order valence-electron chi connectivity index (χ4n) is 6.09. The minimum atomic E-state index is -3.11. The van der Waals surface area contributed by atoms with Gasteiger partial charge in [-0.3, -0.25) is 0 Å². The highest BCUT2D eigenvalue weighted by Crippen LogP contribution is 2.40. The van der Waals surface area contributed by atoms with Gasteiger partial charge >= 0.3 is 7.12 Å². The van der Waals surface area contributed by atoms with Crippen molar-refractivity contribution < 1.29 is 14.1 Å². The van der Waals surface area contributed by atoms with Crippen LogP contribution in [0.25, 0.3) is 0 Å². The van der Waals surface area contributed by atoms with E-state index in [2.05, 4.69) is 80.6 Å². The molecule has 5 aromatic carbocycles. The van der Waals surface area contributed by atoms with Gasteiger partial charge in [0.05, 0.1) is 6.61 Å². The molecular formula is C36H35BO3Si. The first-order valence-corrected chi connectivity index (χ1v) is 16.2. The van der Waals surface area contributed by atoms with Crippen LogP contribution < -0.4 is 20.5 Å². The summed E-state index contributed by atoms with van der Waals surface area (Å²) in [4.78, 5) is 12.7. The molecule has 204 valence electrons. The maximum atomic E-state index is 12.7. The predicted octanol–water partition coefficient (Wildman–Crippen LogP) is 5.66. The summed E-state index contributed by atoms with van der Waals surface area (Å²) in [5.41, 5.74) is 5.86. The van der Waals surface area contributed by atoms with Crippen molar-refractivity contribution in [1.82, 2.24) is 0 Å². The first kappa shape index (κ1) is 27.3. The molecule has 0 saturated heterocycles. The normalized spacial score (nSPS) is 13.4. The van der Waals surface area contributed by atoms with E-state index in [1.807, 2.05) is 66.7 Å². The van der Waals surface area contributed by atoms with E-state index in [0.29, 0.717) is 6.61 Å². The molecule has 0 bridgehead atoms. The summed E-state index contributed by atoms with van der Waals surface area (Å²) in [7, 11) is -3.49. The first-order chi connectivity index (χ1) is 19.9. The van der Waals surface area contributed by atoms with E-state index in [4.69, 9.17) is 9.31 Å². The Balaban J connectivity index is 1.27. The summed E-state index contributed by atoms with van der Waals surface area (Å²) >= 11 is 0. The van der Waals surface area contributed by atoms with Crippen LogP contribution >= 0.6 is 0 Å². The molecule has 5 heteroatoms. The third kappa shape index (κ3) is 5.53. The van der Waals surface area contributed by atoms with E-state index in [-0.39, 0.29) is 12.2 Å². The van der Waals surface area contributed by atoms with Crippen LogP contribution in [0.5, 0.6) is 5.75 Å². The van der Waals surface area contributed by atoms with E-state index in [0.717, 1.165) is 40.0 Å². The second-order valence-electron chi connectivity index (χ2n) is 11.6. The van der Waals surface area contributed by atoms with Crippen molar-refractivity contribution in [3.05, 3.63) is 156 Å². The Kier molecular flexibility index (Phi) is 7.67. The van der Waals surface area contributed by atoms with Gasteiger partial charge in [-0.15, -0.1) is 0 Å². The maximum Gasteiger partial charge on any atom is 0.563 e.